The molecule has 0 fully saturated rings. The van der Waals surface area contributed by atoms with Crippen LogP contribution in [-0.2, 0) is 0 Å². The van der Waals surface area contributed by atoms with E-state index in [1.54, 1.807) is 12.1 Å². The molecule has 0 aliphatic rings. The molecule has 2 rings (SSSR count). The smallest absolute Gasteiger partial charge is 0.257 e. The first-order valence-electron chi connectivity index (χ1n) is 4.92. The van der Waals surface area contributed by atoms with Gasteiger partial charge in [0.05, 0.1) is 0 Å². The van der Waals surface area contributed by atoms with Crippen LogP contribution in [-0.4, -0.2) is 16.5 Å². The average molecular weight is 263 g/mol. The van der Waals surface area contributed by atoms with Gasteiger partial charge in [-0.15, -0.1) is 0 Å². The Hall–Kier alpha value is -2.48. The first-order valence-corrected chi connectivity index (χ1v) is 5.33. The fraction of sp³-hybridized carbons (Fsp3) is 0. The highest BCUT2D eigenvalue weighted by Gasteiger charge is 2.18. The van der Waals surface area contributed by atoms with Gasteiger partial charge in [-0.05, 0) is 17.1 Å². The van der Waals surface area contributed by atoms with Crippen molar-refractivity contribution < 1.29 is 9.53 Å². The number of nitrogens with zero attached hydrogens (tertiary/aromatic N) is 3. The predicted octanol–water partition coefficient (Wildman–Crippen LogP) is 0.142. The highest BCUT2D eigenvalue weighted by molar-refractivity contribution is 7.80. The number of benzene rings is 1. The van der Waals surface area contributed by atoms with E-state index in [-0.39, 0.29) is 15.7 Å². The lowest BCUT2D eigenvalue weighted by atomic mass is 10.1. The van der Waals surface area contributed by atoms with Crippen LogP contribution in [0.5, 0.6) is 0 Å². The minimum Gasteiger partial charge on any atom is -0.375 e. The molecule has 3 N–H and O–H groups in total. The van der Waals surface area contributed by atoms with Crippen LogP contribution in [0, 0.1) is 5.21 Å². The Morgan fingerprint density at radius 3 is 2.89 bits per heavy atom. The summed E-state index contributed by atoms with van der Waals surface area (Å²) in [6.45, 7) is 0. The van der Waals surface area contributed by atoms with E-state index in [0.717, 1.165) is 5.56 Å². The van der Waals surface area contributed by atoms with E-state index in [4.69, 9.17) is 5.73 Å². The van der Waals surface area contributed by atoms with Crippen LogP contribution in [0.4, 0.5) is 0 Å². The van der Waals surface area contributed by atoms with Crippen LogP contribution in [0.15, 0.2) is 40.1 Å². The Labute approximate surface area is 107 Å². The number of hydrazone groups is 1. The fourth-order valence-corrected chi connectivity index (χ4v) is 1.37. The molecule has 1 aromatic carbocycles. The van der Waals surface area contributed by atoms with Gasteiger partial charge in [0.2, 0.25) is 5.69 Å². The van der Waals surface area contributed by atoms with Gasteiger partial charge < -0.3 is 10.9 Å². The lowest BCUT2D eigenvalue weighted by molar-refractivity contribution is -0.803. The molecule has 18 heavy (non-hydrogen) atoms. The zero-order valence-electron chi connectivity index (χ0n) is 9.11. The molecule has 0 bridgehead atoms. The summed E-state index contributed by atoms with van der Waals surface area (Å²) in [5.41, 5.74) is 8.84. The van der Waals surface area contributed by atoms with Crippen LogP contribution in [0.2, 0.25) is 0 Å². The molecule has 2 aromatic rings. The molecule has 0 radical (unpaired) electrons. The number of hydrogen-bond donors (Lipinski definition) is 2. The number of hydrogen-bond acceptors (Lipinski definition) is 5. The van der Waals surface area contributed by atoms with Crippen molar-refractivity contribution in [3.63, 3.8) is 0 Å². The average Bonchev–Trinajstić information content (AvgIpc) is 2.72. The molecule has 0 spiro atoms. The fourth-order valence-electron chi connectivity index (χ4n) is 1.32. The molecule has 8 heteroatoms. The summed E-state index contributed by atoms with van der Waals surface area (Å²) in [4.78, 5) is 0.257. The minimum atomic E-state index is 0.00131. The van der Waals surface area contributed by atoms with Crippen molar-refractivity contribution in [2.45, 2.75) is 0 Å². The highest BCUT2D eigenvalue weighted by atomic mass is 32.1. The maximum Gasteiger partial charge on any atom is 0.257 e. The minimum absolute atomic E-state index is 0.00131. The van der Waals surface area contributed by atoms with Gasteiger partial charge in [-0.1, -0.05) is 30.3 Å². The van der Waals surface area contributed by atoms with Gasteiger partial charge in [0.25, 0.3) is 5.69 Å². The van der Waals surface area contributed by atoms with E-state index in [9.17, 15) is 5.21 Å². The predicted molar refractivity (Wildman–Crippen MR) is 68.4 cm³/mol. The standard InChI is InChI=1S/C10H9N5O2S/c11-10(18)13-12-6-8-9(14-17-15(8)16)7-4-2-1-3-5-7/h1-6H,(H3,11,13,18)/b12-6+. The Balaban J connectivity index is 2.33. The Kier molecular flexibility index (Phi) is 3.49. The second-order valence-electron chi connectivity index (χ2n) is 3.26. The molecular weight excluding hydrogens is 254 g/mol. The molecule has 0 aliphatic carbocycles. The van der Waals surface area contributed by atoms with Crippen molar-refractivity contribution in [3.05, 3.63) is 41.2 Å². The first-order chi connectivity index (χ1) is 8.68. The van der Waals surface area contributed by atoms with Gasteiger partial charge in [0.1, 0.15) is 6.21 Å². The van der Waals surface area contributed by atoms with Crippen molar-refractivity contribution in [1.29, 1.82) is 0 Å². The summed E-state index contributed by atoms with van der Waals surface area (Å²) >= 11 is 4.58. The molecule has 1 aromatic heterocycles. The van der Waals surface area contributed by atoms with E-state index >= 15 is 0 Å². The summed E-state index contributed by atoms with van der Waals surface area (Å²) in [5, 5.41) is 18.8. The SMILES string of the molecule is NC(=S)N/N=C/c1c(-c2ccccc2)no[n+]1[O-]. The largest absolute Gasteiger partial charge is 0.375 e. The Morgan fingerprint density at radius 2 is 2.22 bits per heavy atom. The lowest BCUT2D eigenvalue weighted by Crippen LogP contribution is -2.29. The Bertz CT molecular complexity index is 581. The number of nitrogens with two attached hydrogens (primary N) is 1. The molecule has 0 unspecified atom stereocenters. The topological polar surface area (TPSA) is 103 Å². The zero-order valence-corrected chi connectivity index (χ0v) is 9.92. The number of rotatable bonds is 3. The highest BCUT2D eigenvalue weighted by Crippen LogP contribution is 2.17. The maximum absolute atomic E-state index is 11.4. The Morgan fingerprint density at radius 1 is 1.50 bits per heavy atom. The monoisotopic (exact) mass is 263 g/mol. The second kappa shape index (κ2) is 5.23. The van der Waals surface area contributed by atoms with Gasteiger partial charge >= 0.3 is 0 Å². The summed E-state index contributed by atoms with van der Waals surface area (Å²) in [5.74, 6) is 0. The molecule has 92 valence electrons. The van der Waals surface area contributed by atoms with E-state index in [1.807, 2.05) is 18.2 Å². The quantitative estimate of drug-likeness (QED) is 0.353. The number of thiocarbonyl (C=S) groups is 1. The third-order valence-electron chi connectivity index (χ3n) is 2.05. The van der Waals surface area contributed by atoms with Crippen LogP contribution in [0.1, 0.15) is 5.69 Å². The third kappa shape index (κ3) is 2.61. The van der Waals surface area contributed by atoms with Crippen molar-refractivity contribution in [3.8, 4) is 11.3 Å². The van der Waals surface area contributed by atoms with Crippen molar-refractivity contribution in [2.24, 2.45) is 10.8 Å². The van der Waals surface area contributed by atoms with Crippen molar-refractivity contribution >= 4 is 23.5 Å². The van der Waals surface area contributed by atoms with Crippen molar-refractivity contribution in [1.82, 2.24) is 10.6 Å². The molecule has 0 saturated carbocycles. The molecule has 0 atom stereocenters. The van der Waals surface area contributed by atoms with Crippen LogP contribution >= 0.6 is 12.2 Å². The van der Waals surface area contributed by atoms with Crippen LogP contribution < -0.4 is 16.1 Å². The van der Waals surface area contributed by atoms with Crippen molar-refractivity contribution in [2.75, 3.05) is 0 Å². The summed E-state index contributed by atoms with van der Waals surface area (Å²) < 4.78 is 4.54. The molecule has 0 aliphatic heterocycles. The van der Waals surface area contributed by atoms with Crippen LogP contribution in [0.3, 0.4) is 0 Å². The number of nitrogens with one attached hydrogen (secondary N) is 1. The van der Waals surface area contributed by atoms with Gasteiger partial charge in [-0.3, -0.25) is 10.1 Å². The van der Waals surface area contributed by atoms with E-state index in [0.29, 0.717) is 5.69 Å². The molecule has 7 nitrogen and oxygen atoms in total. The third-order valence-corrected chi connectivity index (χ3v) is 2.15. The molecule has 0 saturated heterocycles. The normalized spacial score (nSPS) is 10.7. The summed E-state index contributed by atoms with van der Waals surface area (Å²) in [7, 11) is 0. The van der Waals surface area contributed by atoms with E-state index in [1.165, 1.54) is 6.21 Å². The van der Waals surface area contributed by atoms with E-state index in [2.05, 4.69) is 32.5 Å². The molecule has 1 heterocycles. The summed E-state index contributed by atoms with van der Waals surface area (Å²) in [6, 6.07) is 9.12. The van der Waals surface area contributed by atoms with Gasteiger partial charge in [0, 0.05) is 10.7 Å². The number of aromatic nitrogens is 2. The second-order valence-corrected chi connectivity index (χ2v) is 3.70. The zero-order chi connectivity index (χ0) is 13.0. The van der Waals surface area contributed by atoms with Gasteiger partial charge in [-0.25, -0.2) is 0 Å². The van der Waals surface area contributed by atoms with Crippen LogP contribution in [0.25, 0.3) is 11.3 Å². The molecular formula is C10H9N5O2S. The summed E-state index contributed by atoms with van der Waals surface area (Å²) in [6.07, 6.45) is 1.24. The first kappa shape index (κ1) is 12.0. The lowest BCUT2D eigenvalue weighted by Gasteiger charge is -1.94. The van der Waals surface area contributed by atoms with Gasteiger partial charge in [-0.2, -0.15) is 5.10 Å². The molecule has 0 amide bonds. The van der Waals surface area contributed by atoms with E-state index < -0.39 is 0 Å². The van der Waals surface area contributed by atoms with Gasteiger partial charge in [0.15, 0.2) is 5.11 Å². The maximum atomic E-state index is 11.4.